The van der Waals surface area contributed by atoms with Crippen molar-refractivity contribution in [3.63, 3.8) is 0 Å². The maximum Gasteiger partial charge on any atom is 0.255 e. The molecule has 1 aliphatic rings. The molecule has 0 aromatic carbocycles. The van der Waals surface area contributed by atoms with Crippen molar-refractivity contribution in [1.82, 2.24) is 4.90 Å². The largest absolute Gasteiger partial charge is 0.336 e. The van der Waals surface area contributed by atoms with Gasteiger partial charge in [-0.3, -0.25) is 4.79 Å². The molecule has 5 heteroatoms. The summed E-state index contributed by atoms with van der Waals surface area (Å²) < 4.78 is 24.9. The predicted octanol–water partition coefficient (Wildman–Crippen LogP) is 3.68. The number of carbonyl (C=O) groups is 1. The SMILES string of the molecule is O=C(C1CCCCCCC1)N(CCCl)CC(F)F. The van der Waals surface area contributed by atoms with Gasteiger partial charge in [0.2, 0.25) is 5.91 Å². The number of amides is 1. The number of alkyl halides is 3. The Labute approximate surface area is 113 Å². The monoisotopic (exact) mass is 281 g/mol. The van der Waals surface area contributed by atoms with Crippen molar-refractivity contribution in [3.05, 3.63) is 0 Å². The molecule has 0 aromatic heterocycles. The van der Waals surface area contributed by atoms with Crippen molar-refractivity contribution in [2.75, 3.05) is 19.0 Å². The molecule has 1 amide bonds. The molecule has 0 bridgehead atoms. The van der Waals surface area contributed by atoms with Crippen LogP contribution >= 0.6 is 11.6 Å². The van der Waals surface area contributed by atoms with Gasteiger partial charge in [-0.2, -0.15) is 0 Å². The Hall–Kier alpha value is -0.380. The van der Waals surface area contributed by atoms with E-state index in [4.69, 9.17) is 11.6 Å². The highest BCUT2D eigenvalue weighted by Gasteiger charge is 2.26. The van der Waals surface area contributed by atoms with E-state index in [2.05, 4.69) is 0 Å². The van der Waals surface area contributed by atoms with Crippen LogP contribution in [0.5, 0.6) is 0 Å². The van der Waals surface area contributed by atoms with Crippen LogP contribution in [0.25, 0.3) is 0 Å². The molecule has 1 rings (SSSR count). The van der Waals surface area contributed by atoms with E-state index < -0.39 is 13.0 Å². The average Bonchev–Trinajstić information content (AvgIpc) is 2.26. The molecule has 18 heavy (non-hydrogen) atoms. The van der Waals surface area contributed by atoms with E-state index in [1.807, 2.05) is 0 Å². The van der Waals surface area contributed by atoms with Crippen LogP contribution in [-0.2, 0) is 4.79 Å². The van der Waals surface area contributed by atoms with Gasteiger partial charge in [0.25, 0.3) is 6.43 Å². The average molecular weight is 282 g/mol. The lowest BCUT2D eigenvalue weighted by atomic mass is 9.90. The summed E-state index contributed by atoms with van der Waals surface area (Å²) in [6.07, 6.45) is 4.76. The third-order valence-corrected chi connectivity index (χ3v) is 3.65. The zero-order chi connectivity index (χ0) is 13.4. The zero-order valence-electron chi connectivity index (χ0n) is 10.7. The Morgan fingerprint density at radius 2 is 1.72 bits per heavy atom. The van der Waals surface area contributed by atoms with E-state index in [1.54, 1.807) is 0 Å². The lowest BCUT2D eigenvalue weighted by Gasteiger charge is -2.27. The Kier molecular flexibility index (Phi) is 7.56. The van der Waals surface area contributed by atoms with Crippen LogP contribution in [0, 0.1) is 5.92 Å². The molecule has 106 valence electrons. The molecule has 0 atom stereocenters. The number of hydrogen-bond donors (Lipinski definition) is 0. The van der Waals surface area contributed by atoms with Crippen LogP contribution < -0.4 is 0 Å². The Morgan fingerprint density at radius 1 is 1.17 bits per heavy atom. The Morgan fingerprint density at radius 3 is 2.22 bits per heavy atom. The maximum atomic E-state index is 12.4. The first-order chi connectivity index (χ1) is 8.65. The van der Waals surface area contributed by atoms with Crippen LogP contribution in [0.4, 0.5) is 8.78 Å². The second-order valence-corrected chi connectivity index (χ2v) is 5.28. The van der Waals surface area contributed by atoms with Gasteiger partial charge in [0, 0.05) is 18.3 Å². The summed E-state index contributed by atoms with van der Waals surface area (Å²) in [7, 11) is 0. The van der Waals surface area contributed by atoms with E-state index in [1.165, 1.54) is 11.3 Å². The van der Waals surface area contributed by atoms with Gasteiger partial charge in [-0.05, 0) is 12.8 Å². The molecular formula is C13H22ClF2NO. The standard InChI is InChI=1S/C13H22ClF2NO/c14-8-9-17(10-12(15)16)13(18)11-6-4-2-1-3-5-7-11/h11-12H,1-10H2. The minimum atomic E-state index is -2.48. The van der Waals surface area contributed by atoms with Crippen LogP contribution in [0.1, 0.15) is 44.9 Å². The number of halogens is 3. The topological polar surface area (TPSA) is 20.3 Å². The van der Waals surface area contributed by atoms with Gasteiger partial charge in [0.15, 0.2) is 0 Å². The number of rotatable bonds is 5. The lowest BCUT2D eigenvalue weighted by Crippen LogP contribution is -2.40. The third kappa shape index (κ3) is 5.51. The summed E-state index contributed by atoms with van der Waals surface area (Å²) in [5.41, 5.74) is 0. The van der Waals surface area contributed by atoms with Gasteiger partial charge < -0.3 is 4.90 Å². The highest BCUT2D eigenvalue weighted by atomic mass is 35.5. The van der Waals surface area contributed by atoms with Crippen molar-refractivity contribution in [1.29, 1.82) is 0 Å². The zero-order valence-corrected chi connectivity index (χ0v) is 11.5. The third-order valence-electron chi connectivity index (χ3n) is 3.48. The van der Waals surface area contributed by atoms with Crippen molar-refractivity contribution >= 4 is 17.5 Å². The molecule has 0 N–H and O–H groups in total. The van der Waals surface area contributed by atoms with Crippen LogP contribution in [-0.4, -0.2) is 36.2 Å². The summed E-state index contributed by atoms with van der Waals surface area (Å²) in [6, 6.07) is 0. The second-order valence-electron chi connectivity index (χ2n) is 4.91. The minimum absolute atomic E-state index is 0.0766. The fraction of sp³-hybridized carbons (Fsp3) is 0.923. The minimum Gasteiger partial charge on any atom is -0.336 e. The van der Waals surface area contributed by atoms with E-state index >= 15 is 0 Å². The Bertz CT molecular complexity index is 243. The van der Waals surface area contributed by atoms with Gasteiger partial charge >= 0.3 is 0 Å². The Balaban J connectivity index is 2.55. The molecule has 1 saturated carbocycles. The highest BCUT2D eigenvalue weighted by Crippen LogP contribution is 2.24. The van der Waals surface area contributed by atoms with Crippen molar-refractivity contribution in [2.24, 2.45) is 5.92 Å². The molecule has 0 heterocycles. The van der Waals surface area contributed by atoms with E-state index in [-0.39, 0.29) is 24.2 Å². The molecule has 0 radical (unpaired) electrons. The summed E-state index contributed by atoms with van der Waals surface area (Å²) in [4.78, 5) is 13.5. The maximum absolute atomic E-state index is 12.4. The molecule has 0 spiro atoms. The molecule has 0 saturated heterocycles. The molecular weight excluding hydrogens is 260 g/mol. The van der Waals surface area contributed by atoms with Gasteiger partial charge in [-0.15, -0.1) is 11.6 Å². The summed E-state index contributed by atoms with van der Waals surface area (Å²) in [6.45, 7) is -0.261. The van der Waals surface area contributed by atoms with Gasteiger partial charge in [0.1, 0.15) is 0 Å². The first-order valence-electron chi connectivity index (χ1n) is 6.78. The summed E-state index contributed by atoms with van der Waals surface area (Å²) >= 11 is 5.58. The fourth-order valence-electron chi connectivity index (χ4n) is 2.52. The van der Waals surface area contributed by atoms with Crippen molar-refractivity contribution < 1.29 is 13.6 Å². The molecule has 0 unspecified atom stereocenters. The van der Waals surface area contributed by atoms with Gasteiger partial charge in [-0.1, -0.05) is 32.1 Å². The van der Waals surface area contributed by atoms with Crippen LogP contribution in [0.3, 0.4) is 0 Å². The number of nitrogens with zero attached hydrogens (tertiary/aromatic N) is 1. The van der Waals surface area contributed by atoms with Crippen LogP contribution in [0.15, 0.2) is 0 Å². The van der Waals surface area contributed by atoms with Crippen molar-refractivity contribution in [2.45, 2.75) is 51.4 Å². The number of hydrogen-bond acceptors (Lipinski definition) is 1. The smallest absolute Gasteiger partial charge is 0.255 e. The highest BCUT2D eigenvalue weighted by molar-refractivity contribution is 6.18. The number of carbonyl (C=O) groups excluding carboxylic acids is 1. The molecule has 0 aromatic rings. The lowest BCUT2D eigenvalue weighted by molar-refractivity contribution is -0.137. The first-order valence-corrected chi connectivity index (χ1v) is 7.31. The molecule has 2 nitrogen and oxygen atoms in total. The van der Waals surface area contributed by atoms with E-state index in [0.717, 1.165) is 38.5 Å². The molecule has 0 aliphatic heterocycles. The molecule has 1 fully saturated rings. The van der Waals surface area contributed by atoms with Crippen LogP contribution in [0.2, 0.25) is 0 Å². The second kappa shape index (κ2) is 8.68. The first kappa shape index (κ1) is 15.7. The predicted molar refractivity (Wildman–Crippen MR) is 69.1 cm³/mol. The van der Waals surface area contributed by atoms with Gasteiger partial charge in [-0.25, -0.2) is 8.78 Å². The fourth-order valence-corrected chi connectivity index (χ4v) is 2.73. The quantitative estimate of drug-likeness (QED) is 0.704. The summed E-state index contributed by atoms with van der Waals surface area (Å²) in [5.74, 6) is 0.00988. The van der Waals surface area contributed by atoms with Crippen molar-refractivity contribution in [3.8, 4) is 0 Å². The van der Waals surface area contributed by atoms with Gasteiger partial charge in [0.05, 0.1) is 6.54 Å². The van der Waals surface area contributed by atoms with E-state index in [9.17, 15) is 13.6 Å². The van der Waals surface area contributed by atoms with E-state index in [0.29, 0.717) is 0 Å². The summed E-state index contributed by atoms with van der Waals surface area (Å²) in [5, 5.41) is 0. The normalized spacial score (nSPS) is 18.4. The molecule has 1 aliphatic carbocycles.